The van der Waals surface area contributed by atoms with Gasteiger partial charge in [-0.05, 0) is 58.9 Å². The molecule has 2 atom stereocenters. The van der Waals surface area contributed by atoms with Crippen LogP contribution in [0.4, 0.5) is 0 Å². The molecule has 0 bridgehead atoms. The molecule has 2 unspecified atom stereocenters. The van der Waals surface area contributed by atoms with Gasteiger partial charge in [-0.25, -0.2) is 4.79 Å². The normalized spacial score (nSPS) is 25.8. The highest BCUT2D eigenvalue weighted by Gasteiger charge is 2.56. The number of hydrogen-bond donors (Lipinski definition) is 0. The molecule has 2 aliphatic rings. The molecule has 0 aromatic heterocycles. The van der Waals surface area contributed by atoms with Gasteiger partial charge in [-0.3, -0.25) is 0 Å². The summed E-state index contributed by atoms with van der Waals surface area (Å²) in [6, 6.07) is 10.1. The summed E-state index contributed by atoms with van der Waals surface area (Å²) >= 11 is 0. The Bertz CT molecular complexity index is 695. The fourth-order valence-corrected chi connectivity index (χ4v) is 3.91. The average molecular weight is 400 g/mol. The third kappa shape index (κ3) is 5.39. The molecule has 1 aliphatic carbocycles. The van der Waals surface area contributed by atoms with Crippen molar-refractivity contribution in [2.45, 2.75) is 83.1 Å². The second-order valence-electron chi connectivity index (χ2n) is 8.97. The summed E-state index contributed by atoms with van der Waals surface area (Å²) in [5.41, 5.74) is 1.03. The van der Waals surface area contributed by atoms with Crippen LogP contribution < -0.4 is 0 Å². The second kappa shape index (κ2) is 9.59. The highest BCUT2D eigenvalue weighted by atomic mass is 16.7. The Balaban J connectivity index is 1.51. The van der Waals surface area contributed by atoms with E-state index < -0.39 is 18.3 Å². The number of ether oxygens (including phenoxy) is 2. The first kappa shape index (κ1) is 22.3. The molecule has 2 fully saturated rings. The molecule has 6 heteroatoms. The van der Waals surface area contributed by atoms with Gasteiger partial charge in [-0.15, -0.1) is 0 Å². The Morgan fingerprint density at radius 1 is 1.10 bits per heavy atom. The minimum Gasteiger partial charge on any atom is -0.403 e. The Labute approximate surface area is 174 Å². The second-order valence-corrected chi connectivity index (χ2v) is 8.97. The molecule has 1 aliphatic heterocycles. The van der Waals surface area contributed by atoms with E-state index in [0.717, 1.165) is 31.3 Å². The van der Waals surface area contributed by atoms with E-state index in [2.05, 4.69) is 18.1 Å². The summed E-state index contributed by atoms with van der Waals surface area (Å²) in [6.45, 7) is 9.94. The van der Waals surface area contributed by atoms with Crippen molar-refractivity contribution in [3.63, 3.8) is 0 Å². The monoisotopic (exact) mass is 400 g/mol. The fraction of sp³-hybridized carbons (Fsp3) is 0.652. The largest absolute Gasteiger partial charge is 0.468 e. The number of carbonyl (C=O) groups excluding carboxylic acids is 1. The van der Waals surface area contributed by atoms with Crippen LogP contribution in [0.2, 0.25) is 5.82 Å². The van der Waals surface area contributed by atoms with E-state index in [0.29, 0.717) is 19.8 Å². The summed E-state index contributed by atoms with van der Waals surface area (Å²) in [7, 11) is -0.476. The van der Waals surface area contributed by atoms with Crippen LogP contribution in [0.3, 0.4) is 0 Å². The highest BCUT2D eigenvalue weighted by Crippen LogP contribution is 2.46. The van der Waals surface area contributed by atoms with Gasteiger partial charge in [0.25, 0.3) is 0 Å². The maximum absolute atomic E-state index is 11.6. The van der Waals surface area contributed by atoms with E-state index in [9.17, 15) is 4.79 Å². The molecular formula is C23H33BO5. The van der Waals surface area contributed by atoms with Crippen LogP contribution in [0.5, 0.6) is 0 Å². The van der Waals surface area contributed by atoms with E-state index >= 15 is 0 Å². The number of benzene rings is 1. The van der Waals surface area contributed by atoms with Gasteiger partial charge in [0.1, 0.15) is 5.94 Å². The van der Waals surface area contributed by atoms with E-state index in [1.165, 1.54) is 5.56 Å². The lowest BCUT2D eigenvalue weighted by atomic mass is 9.60. The Morgan fingerprint density at radius 3 is 2.45 bits per heavy atom. The SMILES string of the molecule is CC1(C)OB(C2C(=C=O)CCCC2OCCCOCc2ccccc2)OC1(C)C. The lowest BCUT2D eigenvalue weighted by molar-refractivity contribution is 0.00578. The summed E-state index contributed by atoms with van der Waals surface area (Å²) < 4.78 is 24.4. The predicted octanol–water partition coefficient (Wildman–Crippen LogP) is 4.38. The zero-order chi connectivity index (χ0) is 20.9. The Kier molecular flexibility index (Phi) is 7.36. The first-order valence-electron chi connectivity index (χ1n) is 10.7. The molecule has 1 saturated heterocycles. The molecule has 0 N–H and O–H groups in total. The minimum atomic E-state index is -0.476. The molecule has 158 valence electrons. The topological polar surface area (TPSA) is 54.0 Å². The van der Waals surface area contributed by atoms with Crippen molar-refractivity contribution in [2.75, 3.05) is 13.2 Å². The van der Waals surface area contributed by atoms with E-state index in [-0.39, 0.29) is 11.9 Å². The summed E-state index contributed by atoms with van der Waals surface area (Å²) in [6.07, 6.45) is 3.27. The molecule has 29 heavy (non-hydrogen) atoms. The standard InChI is InChI=1S/C23H33BO5/c1-22(2)23(3,4)29-24(28-22)21-19(16-25)12-8-13-20(21)27-15-9-14-26-17-18-10-6-5-7-11-18/h5-7,10-11,20-21H,8-9,12-15,17H2,1-4H3. The van der Waals surface area contributed by atoms with Crippen LogP contribution in [-0.2, 0) is 30.2 Å². The Morgan fingerprint density at radius 2 is 1.79 bits per heavy atom. The molecule has 0 radical (unpaired) electrons. The quantitative estimate of drug-likeness (QED) is 0.368. The van der Waals surface area contributed by atoms with Crippen LogP contribution in [0.1, 0.15) is 58.9 Å². The van der Waals surface area contributed by atoms with Gasteiger partial charge in [0.05, 0.1) is 29.7 Å². The minimum absolute atomic E-state index is 0.0935. The molecule has 0 spiro atoms. The van der Waals surface area contributed by atoms with Crippen molar-refractivity contribution in [1.82, 2.24) is 0 Å². The van der Waals surface area contributed by atoms with E-state index in [1.807, 2.05) is 45.9 Å². The van der Waals surface area contributed by atoms with Gasteiger partial charge in [-0.1, -0.05) is 30.3 Å². The molecule has 1 aromatic carbocycles. The van der Waals surface area contributed by atoms with Crippen molar-refractivity contribution in [3.05, 3.63) is 41.5 Å². The van der Waals surface area contributed by atoms with Gasteiger partial charge >= 0.3 is 7.12 Å². The maximum Gasteiger partial charge on any atom is 0.468 e. The van der Waals surface area contributed by atoms with E-state index in [4.69, 9.17) is 18.8 Å². The smallest absolute Gasteiger partial charge is 0.403 e. The Hall–Kier alpha value is -1.43. The van der Waals surface area contributed by atoms with Gasteiger partial charge in [0, 0.05) is 18.8 Å². The summed E-state index contributed by atoms with van der Waals surface area (Å²) in [5.74, 6) is 1.95. The van der Waals surface area contributed by atoms with E-state index in [1.54, 1.807) is 0 Å². The number of rotatable bonds is 8. The zero-order valence-corrected chi connectivity index (χ0v) is 18.1. The molecular weight excluding hydrogens is 367 g/mol. The molecule has 1 heterocycles. The van der Waals surface area contributed by atoms with Crippen LogP contribution in [0.15, 0.2) is 35.9 Å². The highest BCUT2D eigenvalue weighted by molar-refractivity contribution is 6.49. The predicted molar refractivity (Wildman–Crippen MR) is 113 cm³/mol. The van der Waals surface area contributed by atoms with Gasteiger partial charge in [0.15, 0.2) is 0 Å². The zero-order valence-electron chi connectivity index (χ0n) is 18.1. The third-order valence-corrected chi connectivity index (χ3v) is 6.31. The number of hydrogen-bond acceptors (Lipinski definition) is 5. The lowest BCUT2D eigenvalue weighted by Gasteiger charge is -2.33. The van der Waals surface area contributed by atoms with Crippen LogP contribution in [0.25, 0.3) is 0 Å². The third-order valence-electron chi connectivity index (χ3n) is 6.31. The van der Waals surface area contributed by atoms with Crippen molar-refractivity contribution < 1.29 is 23.6 Å². The van der Waals surface area contributed by atoms with Crippen molar-refractivity contribution in [1.29, 1.82) is 0 Å². The lowest BCUT2D eigenvalue weighted by Crippen LogP contribution is -2.41. The molecule has 0 amide bonds. The first-order chi connectivity index (χ1) is 13.8. The summed E-state index contributed by atoms with van der Waals surface area (Å²) in [4.78, 5) is 11.6. The van der Waals surface area contributed by atoms with Gasteiger partial charge < -0.3 is 18.8 Å². The fourth-order valence-electron chi connectivity index (χ4n) is 3.91. The van der Waals surface area contributed by atoms with Crippen LogP contribution in [0, 0.1) is 0 Å². The van der Waals surface area contributed by atoms with Gasteiger partial charge in [0.2, 0.25) is 0 Å². The maximum atomic E-state index is 11.6. The molecule has 3 rings (SSSR count). The molecule has 5 nitrogen and oxygen atoms in total. The summed E-state index contributed by atoms with van der Waals surface area (Å²) in [5, 5.41) is 0. The molecule has 1 aromatic rings. The van der Waals surface area contributed by atoms with Crippen LogP contribution >= 0.6 is 0 Å². The average Bonchev–Trinajstić information content (AvgIpc) is 2.92. The van der Waals surface area contributed by atoms with Crippen LogP contribution in [-0.4, -0.2) is 43.6 Å². The van der Waals surface area contributed by atoms with Crippen molar-refractivity contribution in [3.8, 4) is 0 Å². The molecule has 1 saturated carbocycles. The van der Waals surface area contributed by atoms with Crippen molar-refractivity contribution >= 4 is 13.1 Å². The first-order valence-corrected chi connectivity index (χ1v) is 10.7. The van der Waals surface area contributed by atoms with Crippen molar-refractivity contribution in [2.24, 2.45) is 0 Å². The van der Waals surface area contributed by atoms with Gasteiger partial charge in [-0.2, -0.15) is 0 Å².